The summed E-state index contributed by atoms with van der Waals surface area (Å²) in [6, 6.07) is 11.8. The lowest BCUT2D eigenvalue weighted by molar-refractivity contribution is -0.172. The van der Waals surface area contributed by atoms with Gasteiger partial charge in [0.1, 0.15) is 5.75 Å². The molecule has 2 aliphatic heterocycles. The SMILES string of the molecule is COc1ccc(CN2CCO[C@@]3(CNC[C@H]3c3cccnc3)C2=O)cc1. The van der Waals surface area contributed by atoms with Crippen LogP contribution in [0.3, 0.4) is 0 Å². The molecule has 3 heterocycles. The number of amides is 1. The first-order valence-corrected chi connectivity index (χ1v) is 8.90. The van der Waals surface area contributed by atoms with Gasteiger partial charge >= 0.3 is 0 Å². The van der Waals surface area contributed by atoms with Gasteiger partial charge in [-0.2, -0.15) is 0 Å². The summed E-state index contributed by atoms with van der Waals surface area (Å²) in [6.07, 6.45) is 3.58. The van der Waals surface area contributed by atoms with E-state index in [0.29, 0.717) is 32.8 Å². The predicted molar refractivity (Wildman–Crippen MR) is 96.9 cm³/mol. The van der Waals surface area contributed by atoms with Gasteiger partial charge in [-0.1, -0.05) is 18.2 Å². The van der Waals surface area contributed by atoms with Crippen LogP contribution in [0.25, 0.3) is 0 Å². The summed E-state index contributed by atoms with van der Waals surface area (Å²) in [7, 11) is 1.65. The molecule has 136 valence electrons. The molecular weight excluding hydrogens is 330 g/mol. The molecule has 1 aromatic carbocycles. The molecule has 1 amide bonds. The number of benzene rings is 1. The number of carbonyl (C=O) groups is 1. The van der Waals surface area contributed by atoms with Gasteiger partial charge in [-0.15, -0.1) is 0 Å². The molecular formula is C20H23N3O3. The molecule has 6 heteroatoms. The Hall–Kier alpha value is -2.44. The fourth-order valence-electron chi connectivity index (χ4n) is 3.91. The number of ether oxygens (including phenoxy) is 2. The fraction of sp³-hybridized carbons (Fsp3) is 0.400. The topological polar surface area (TPSA) is 63.7 Å². The van der Waals surface area contributed by atoms with Crippen LogP contribution in [0.15, 0.2) is 48.8 Å². The zero-order chi connectivity index (χ0) is 18.0. The van der Waals surface area contributed by atoms with E-state index in [0.717, 1.165) is 16.9 Å². The van der Waals surface area contributed by atoms with Gasteiger partial charge in [0.25, 0.3) is 5.91 Å². The van der Waals surface area contributed by atoms with Crippen molar-refractivity contribution < 1.29 is 14.3 Å². The third kappa shape index (κ3) is 2.95. The highest BCUT2D eigenvalue weighted by molar-refractivity contribution is 5.88. The van der Waals surface area contributed by atoms with Crippen molar-refractivity contribution in [3.63, 3.8) is 0 Å². The lowest BCUT2D eigenvalue weighted by Crippen LogP contribution is -2.59. The van der Waals surface area contributed by atoms with E-state index in [2.05, 4.69) is 10.3 Å². The van der Waals surface area contributed by atoms with Gasteiger partial charge in [-0.25, -0.2) is 0 Å². The molecule has 1 aromatic heterocycles. The average Bonchev–Trinajstić information content (AvgIpc) is 3.11. The van der Waals surface area contributed by atoms with Crippen LogP contribution in [-0.2, 0) is 16.1 Å². The number of morpholine rings is 1. The van der Waals surface area contributed by atoms with E-state index < -0.39 is 5.60 Å². The lowest BCUT2D eigenvalue weighted by Gasteiger charge is -2.42. The molecule has 0 radical (unpaired) electrons. The van der Waals surface area contributed by atoms with Crippen LogP contribution in [0.5, 0.6) is 5.75 Å². The lowest BCUT2D eigenvalue weighted by atomic mass is 9.83. The van der Waals surface area contributed by atoms with Gasteiger partial charge in [-0.05, 0) is 29.3 Å². The van der Waals surface area contributed by atoms with Crippen LogP contribution < -0.4 is 10.1 Å². The molecule has 2 saturated heterocycles. The molecule has 2 aliphatic rings. The first-order chi connectivity index (χ1) is 12.7. The second kappa shape index (κ2) is 7.05. The first kappa shape index (κ1) is 17.0. The quantitative estimate of drug-likeness (QED) is 0.904. The van der Waals surface area contributed by atoms with E-state index in [1.54, 1.807) is 13.3 Å². The Labute approximate surface area is 153 Å². The third-order valence-electron chi connectivity index (χ3n) is 5.29. The Morgan fingerprint density at radius 3 is 2.92 bits per heavy atom. The summed E-state index contributed by atoms with van der Waals surface area (Å²) in [5, 5.41) is 3.34. The summed E-state index contributed by atoms with van der Waals surface area (Å²) in [6.45, 7) is 2.97. The van der Waals surface area contributed by atoms with Crippen LogP contribution in [-0.4, -0.2) is 54.7 Å². The summed E-state index contributed by atoms with van der Waals surface area (Å²) in [4.78, 5) is 19.5. The Balaban J connectivity index is 1.57. The van der Waals surface area contributed by atoms with E-state index in [1.807, 2.05) is 47.5 Å². The average molecular weight is 353 g/mol. The van der Waals surface area contributed by atoms with E-state index in [-0.39, 0.29) is 11.8 Å². The Bertz CT molecular complexity index is 766. The summed E-state index contributed by atoms with van der Waals surface area (Å²) in [5.41, 5.74) is 1.28. The van der Waals surface area contributed by atoms with Crippen molar-refractivity contribution in [3.8, 4) is 5.75 Å². The highest BCUT2D eigenvalue weighted by atomic mass is 16.5. The molecule has 1 N–H and O–H groups in total. The molecule has 2 aromatic rings. The maximum absolute atomic E-state index is 13.4. The van der Waals surface area contributed by atoms with Gasteiger partial charge in [0.2, 0.25) is 0 Å². The number of carbonyl (C=O) groups excluding carboxylic acids is 1. The smallest absolute Gasteiger partial charge is 0.257 e. The van der Waals surface area contributed by atoms with Crippen molar-refractivity contribution in [2.45, 2.75) is 18.1 Å². The van der Waals surface area contributed by atoms with Crippen molar-refractivity contribution in [3.05, 3.63) is 59.9 Å². The van der Waals surface area contributed by atoms with Crippen LogP contribution in [0.1, 0.15) is 17.0 Å². The van der Waals surface area contributed by atoms with Gasteiger partial charge in [0.15, 0.2) is 5.60 Å². The van der Waals surface area contributed by atoms with Crippen LogP contribution in [0.4, 0.5) is 0 Å². The number of methoxy groups -OCH3 is 1. The van der Waals surface area contributed by atoms with E-state index in [1.165, 1.54) is 0 Å². The number of hydrogen-bond acceptors (Lipinski definition) is 5. The summed E-state index contributed by atoms with van der Waals surface area (Å²) >= 11 is 0. The van der Waals surface area contributed by atoms with Crippen molar-refractivity contribution in [1.82, 2.24) is 15.2 Å². The molecule has 2 fully saturated rings. The van der Waals surface area contributed by atoms with E-state index in [9.17, 15) is 4.79 Å². The molecule has 0 bridgehead atoms. The minimum Gasteiger partial charge on any atom is -0.497 e. The minimum absolute atomic E-state index is 0.0256. The number of rotatable bonds is 4. The third-order valence-corrected chi connectivity index (χ3v) is 5.29. The molecule has 4 rings (SSSR count). The molecule has 1 spiro atoms. The zero-order valence-electron chi connectivity index (χ0n) is 14.9. The van der Waals surface area contributed by atoms with Gasteiger partial charge in [0.05, 0.1) is 13.7 Å². The largest absolute Gasteiger partial charge is 0.497 e. The highest BCUT2D eigenvalue weighted by Crippen LogP contribution is 2.38. The van der Waals surface area contributed by atoms with E-state index >= 15 is 0 Å². The molecule has 2 atom stereocenters. The minimum atomic E-state index is -0.840. The second-order valence-electron chi connectivity index (χ2n) is 6.78. The number of aromatic nitrogens is 1. The van der Waals surface area contributed by atoms with Crippen LogP contribution in [0.2, 0.25) is 0 Å². The Morgan fingerprint density at radius 2 is 2.19 bits per heavy atom. The summed E-state index contributed by atoms with van der Waals surface area (Å²) in [5.74, 6) is 0.843. The molecule has 6 nitrogen and oxygen atoms in total. The predicted octanol–water partition coefficient (Wildman–Crippen LogP) is 1.57. The Morgan fingerprint density at radius 1 is 1.35 bits per heavy atom. The van der Waals surface area contributed by atoms with Crippen molar-refractivity contribution in [1.29, 1.82) is 0 Å². The van der Waals surface area contributed by atoms with Crippen LogP contribution in [0, 0.1) is 0 Å². The number of nitrogens with zero attached hydrogens (tertiary/aromatic N) is 2. The van der Waals surface area contributed by atoms with Gasteiger partial charge in [0, 0.05) is 44.5 Å². The van der Waals surface area contributed by atoms with E-state index in [4.69, 9.17) is 9.47 Å². The number of hydrogen-bond donors (Lipinski definition) is 1. The normalized spacial score (nSPS) is 25.7. The molecule has 0 saturated carbocycles. The van der Waals surface area contributed by atoms with Gasteiger partial charge in [-0.3, -0.25) is 9.78 Å². The number of pyridine rings is 1. The van der Waals surface area contributed by atoms with Crippen molar-refractivity contribution in [2.24, 2.45) is 0 Å². The summed E-state index contributed by atoms with van der Waals surface area (Å²) < 4.78 is 11.3. The number of nitrogens with one attached hydrogen (secondary N) is 1. The first-order valence-electron chi connectivity index (χ1n) is 8.90. The fourth-order valence-corrected chi connectivity index (χ4v) is 3.91. The Kier molecular flexibility index (Phi) is 4.61. The molecule has 0 aliphatic carbocycles. The monoisotopic (exact) mass is 353 g/mol. The maximum Gasteiger partial charge on any atom is 0.257 e. The maximum atomic E-state index is 13.4. The molecule has 0 unspecified atom stereocenters. The van der Waals surface area contributed by atoms with Crippen molar-refractivity contribution >= 4 is 5.91 Å². The zero-order valence-corrected chi connectivity index (χ0v) is 14.9. The highest BCUT2D eigenvalue weighted by Gasteiger charge is 2.54. The van der Waals surface area contributed by atoms with Crippen LogP contribution >= 0.6 is 0 Å². The standard InChI is InChI=1S/C20H23N3O3/c1-25-17-6-4-15(5-7-17)13-23-9-10-26-20(19(23)24)14-22-12-18(20)16-3-2-8-21-11-16/h2-8,11,18,22H,9-10,12-14H2,1H3/t18-,20+/m0/s1. The molecule has 26 heavy (non-hydrogen) atoms. The van der Waals surface area contributed by atoms with Gasteiger partial charge < -0.3 is 19.7 Å². The second-order valence-corrected chi connectivity index (χ2v) is 6.78. The van der Waals surface area contributed by atoms with Crippen molar-refractivity contribution in [2.75, 3.05) is 33.4 Å².